The van der Waals surface area contributed by atoms with Gasteiger partial charge in [-0.3, -0.25) is 0 Å². The summed E-state index contributed by atoms with van der Waals surface area (Å²) < 4.78 is 5.56. The van der Waals surface area contributed by atoms with Gasteiger partial charge in [0.05, 0.1) is 11.6 Å². The van der Waals surface area contributed by atoms with Gasteiger partial charge in [0.2, 0.25) is 0 Å². The van der Waals surface area contributed by atoms with Crippen LogP contribution in [0.2, 0.25) is 5.15 Å². The van der Waals surface area contributed by atoms with E-state index >= 15 is 0 Å². The molecule has 1 amide bonds. The fourth-order valence-corrected chi connectivity index (χ4v) is 3.90. The normalized spacial score (nSPS) is 22.8. The van der Waals surface area contributed by atoms with Crippen LogP contribution in [0, 0.1) is 0 Å². The van der Waals surface area contributed by atoms with E-state index in [2.05, 4.69) is 19.9 Å². The van der Waals surface area contributed by atoms with E-state index in [1.165, 1.54) is 6.33 Å². The number of halogens is 1. The molecule has 3 fully saturated rings. The van der Waals surface area contributed by atoms with E-state index < -0.39 is 5.60 Å². The first kappa shape index (κ1) is 17.3. The lowest BCUT2D eigenvalue weighted by atomic mass is 9.91. The first-order chi connectivity index (χ1) is 12.3. The summed E-state index contributed by atoms with van der Waals surface area (Å²) in [6.45, 7) is 7.07. The summed E-state index contributed by atoms with van der Waals surface area (Å²) >= 11 is 6.17. The number of fused-ring (bicyclic) bond motifs is 4. The van der Waals surface area contributed by atoms with Crippen LogP contribution in [-0.2, 0) is 4.74 Å². The van der Waals surface area contributed by atoms with Crippen molar-refractivity contribution in [2.45, 2.75) is 51.3 Å². The van der Waals surface area contributed by atoms with Gasteiger partial charge < -0.3 is 14.5 Å². The molecule has 3 aliphatic rings. The summed E-state index contributed by atoms with van der Waals surface area (Å²) in [5, 5.41) is 0.356. The Labute approximate surface area is 157 Å². The summed E-state index contributed by atoms with van der Waals surface area (Å²) in [6, 6.07) is 4.24. The lowest BCUT2D eigenvalue weighted by molar-refractivity contribution is 0.000793. The molecule has 0 aliphatic carbocycles. The second-order valence-corrected chi connectivity index (χ2v) is 8.23. The highest BCUT2D eigenvalue weighted by atomic mass is 35.5. The number of piperidine rings is 2. The third-order valence-electron chi connectivity index (χ3n) is 4.87. The molecule has 0 saturated carbocycles. The van der Waals surface area contributed by atoms with E-state index in [1.807, 2.05) is 37.8 Å². The highest BCUT2D eigenvalue weighted by Gasteiger charge is 2.43. The first-order valence-corrected chi connectivity index (χ1v) is 9.23. The molecule has 3 saturated heterocycles. The number of carbonyl (C=O) groups is 1. The van der Waals surface area contributed by atoms with Crippen molar-refractivity contribution in [2.24, 2.45) is 0 Å². The largest absolute Gasteiger partial charge is 0.444 e. The number of aromatic nitrogens is 3. The molecule has 2 aromatic rings. The maximum atomic E-state index is 12.5. The van der Waals surface area contributed by atoms with Gasteiger partial charge in [-0.05, 0) is 45.7 Å². The minimum Gasteiger partial charge on any atom is -0.444 e. The molecular weight excluding hydrogens is 354 g/mol. The Morgan fingerprint density at radius 2 is 1.96 bits per heavy atom. The molecule has 0 radical (unpaired) electrons. The maximum Gasteiger partial charge on any atom is 0.410 e. The monoisotopic (exact) mass is 375 g/mol. The maximum absolute atomic E-state index is 12.5. The molecule has 0 N–H and O–H groups in total. The molecule has 0 spiro atoms. The van der Waals surface area contributed by atoms with Crippen LogP contribution in [0.25, 0.3) is 11.0 Å². The standard InChI is InChI=1S/C18H22ClN5O2/c1-18(2,3)26-17(25)24-9-11-4-5-12(24)8-23(11)14-7-6-13-15(22-14)16(19)21-10-20-13/h6-7,10-12H,4-5,8-9H2,1-3H3/t11-,12-/m0/s1. The van der Waals surface area contributed by atoms with Gasteiger partial charge in [0.25, 0.3) is 0 Å². The molecular formula is C18H22ClN5O2. The quantitative estimate of drug-likeness (QED) is 0.712. The predicted octanol–water partition coefficient (Wildman–Crippen LogP) is 3.27. The van der Waals surface area contributed by atoms with Crippen molar-refractivity contribution in [1.82, 2.24) is 19.9 Å². The van der Waals surface area contributed by atoms with Crippen LogP contribution in [0.4, 0.5) is 10.6 Å². The number of ether oxygens (including phenoxy) is 1. The zero-order chi connectivity index (χ0) is 18.5. The fraction of sp³-hybridized carbons (Fsp3) is 0.556. The van der Waals surface area contributed by atoms with Crippen LogP contribution >= 0.6 is 11.6 Å². The number of nitrogens with zero attached hydrogens (tertiary/aromatic N) is 5. The van der Waals surface area contributed by atoms with Gasteiger partial charge in [-0.25, -0.2) is 19.7 Å². The third-order valence-corrected chi connectivity index (χ3v) is 5.15. The van der Waals surface area contributed by atoms with E-state index in [4.69, 9.17) is 16.3 Å². The van der Waals surface area contributed by atoms with Crippen LogP contribution in [0.1, 0.15) is 33.6 Å². The van der Waals surface area contributed by atoms with E-state index in [-0.39, 0.29) is 18.2 Å². The van der Waals surface area contributed by atoms with E-state index in [1.54, 1.807) is 0 Å². The predicted molar refractivity (Wildman–Crippen MR) is 99.4 cm³/mol. The Morgan fingerprint density at radius 3 is 2.65 bits per heavy atom. The lowest BCUT2D eigenvalue weighted by Gasteiger charge is -2.51. The Balaban J connectivity index is 1.56. The number of piperazine rings is 1. The Hall–Kier alpha value is -2.15. The van der Waals surface area contributed by atoms with Gasteiger partial charge in [0.1, 0.15) is 23.3 Å². The minimum absolute atomic E-state index is 0.134. The fourth-order valence-electron chi connectivity index (χ4n) is 3.71. The Bertz CT molecular complexity index is 853. The summed E-state index contributed by atoms with van der Waals surface area (Å²) in [4.78, 5) is 29.5. The average molecular weight is 376 g/mol. The Kier molecular flexibility index (Phi) is 4.14. The second-order valence-electron chi connectivity index (χ2n) is 7.87. The summed E-state index contributed by atoms with van der Waals surface area (Å²) in [7, 11) is 0. The number of hydrogen-bond donors (Lipinski definition) is 0. The number of carbonyl (C=O) groups excluding carboxylic acids is 1. The smallest absolute Gasteiger partial charge is 0.410 e. The van der Waals surface area contributed by atoms with Crippen molar-refractivity contribution in [2.75, 3.05) is 18.0 Å². The molecule has 2 atom stereocenters. The lowest BCUT2D eigenvalue weighted by Crippen LogP contribution is -2.64. The highest BCUT2D eigenvalue weighted by molar-refractivity contribution is 6.33. The molecule has 0 unspecified atom stereocenters. The van der Waals surface area contributed by atoms with Gasteiger partial charge in [0, 0.05) is 19.1 Å². The molecule has 2 bridgehead atoms. The highest BCUT2D eigenvalue weighted by Crippen LogP contribution is 2.33. The summed E-state index contributed by atoms with van der Waals surface area (Å²) in [5.41, 5.74) is 0.854. The molecule has 138 valence electrons. The zero-order valence-corrected chi connectivity index (χ0v) is 15.9. The molecule has 5 heterocycles. The van der Waals surface area contributed by atoms with Gasteiger partial charge in [-0.2, -0.15) is 0 Å². The van der Waals surface area contributed by atoms with Gasteiger partial charge in [-0.15, -0.1) is 0 Å². The van der Waals surface area contributed by atoms with Crippen LogP contribution in [-0.4, -0.2) is 56.7 Å². The van der Waals surface area contributed by atoms with Gasteiger partial charge >= 0.3 is 6.09 Å². The van der Waals surface area contributed by atoms with Crippen LogP contribution < -0.4 is 4.90 Å². The molecule has 8 heteroatoms. The van der Waals surface area contributed by atoms with Gasteiger partial charge in [-0.1, -0.05) is 11.6 Å². The van der Waals surface area contributed by atoms with Crippen molar-refractivity contribution in [3.8, 4) is 0 Å². The molecule has 5 rings (SSSR count). The Morgan fingerprint density at radius 1 is 1.19 bits per heavy atom. The third kappa shape index (κ3) is 3.16. The van der Waals surface area contributed by atoms with Crippen LogP contribution in [0.15, 0.2) is 18.5 Å². The van der Waals surface area contributed by atoms with E-state index in [0.29, 0.717) is 17.2 Å². The van der Waals surface area contributed by atoms with Crippen molar-refractivity contribution >= 4 is 34.5 Å². The first-order valence-electron chi connectivity index (χ1n) is 8.85. The van der Waals surface area contributed by atoms with Gasteiger partial charge in [0.15, 0.2) is 5.15 Å². The molecule has 26 heavy (non-hydrogen) atoms. The SMILES string of the molecule is CC(C)(C)OC(=O)N1C[C@@H]2CC[C@H]1CN2c1ccc2ncnc(Cl)c2n1. The molecule has 2 aromatic heterocycles. The zero-order valence-electron chi connectivity index (χ0n) is 15.1. The summed E-state index contributed by atoms with van der Waals surface area (Å²) in [5.74, 6) is 0.854. The van der Waals surface area contributed by atoms with Crippen molar-refractivity contribution in [3.63, 3.8) is 0 Å². The van der Waals surface area contributed by atoms with Crippen molar-refractivity contribution < 1.29 is 9.53 Å². The minimum atomic E-state index is -0.482. The van der Waals surface area contributed by atoms with Crippen LogP contribution in [0.5, 0.6) is 0 Å². The molecule has 3 aliphatic heterocycles. The number of anilines is 1. The number of pyridine rings is 1. The number of hydrogen-bond acceptors (Lipinski definition) is 6. The molecule has 0 aromatic carbocycles. The van der Waals surface area contributed by atoms with Crippen molar-refractivity contribution in [1.29, 1.82) is 0 Å². The van der Waals surface area contributed by atoms with E-state index in [0.717, 1.165) is 30.7 Å². The average Bonchev–Trinajstić information content (AvgIpc) is 2.60. The van der Waals surface area contributed by atoms with Crippen LogP contribution in [0.3, 0.4) is 0 Å². The van der Waals surface area contributed by atoms with E-state index in [9.17, 15) is 4.79 Å². The molecule has 7 nitrogen and oxygen atoms in total. The number of amides is 1. The summed E-state index contributed by atoms with van der Waals surface area (Å²) in [6.07, 6.45) is 3.23. The van der Waals surface area contributed by atoms with Crippen molar-refractivity contribution in [3.05, 3.63) is 23.6 Å². The second kappa shape index (κ2) is 6.23. The topological polar surface area (TPSA) is 71.5 Å². The number of rotatable bonds is 1.